The van der Waals surface area contributed by atoms with E-state index in [0.717, 1.165) is 114 Å². The van der Waals surface area contributed by atoms with Crippen LogP contribution in [0.2, 0.25) is 4.94 Å². The summed E-state index contributed by atoms with van der Waals surface area (Å²) in [6.45, 7) is 0. The van der Waals surface area contributed by atoms with E-state index in [1.54, 1.807) is 22.5 Å². The van der Waals surface area contributed by atoms with Crippen LogP contribution in [0.4, 0.5) is 0 Å². The predicted octanol–water partition coefficient (Wildman–Crippen LogP) is 3.22. The summed E-state index contributed by atoms with van der Waals surface area (Å²) >= 11 is 13.8. The number of aliphatic carboxylic acids is 3. The van der Waals surface area contributed by atoms with E-state index in [-0.39, 0.29) is 19.3 Å². The van der Waals surface area contributed by atoms with Crippen LogP contribution in [0.3, 0.4) is 0 Å². The van der Waals surface area contributed by atoms with E-state index >= 15 is 0 Å². The van der Waals surface area contributed by atoms with Crippen molar-refractivity contribution >= 4 is 78.3 Å². The third kappa shape index (κ3) is 60.6. The zero-order valence-electron chi connectivity index (χ0n) is 21.6. The molecule has 0 aromatic rings. The van der Waals surface area contributed by atoms with E-state index in [9.17, 15) is 29.7 Å². The topological polar surface area (TPSA) is 120 Å². The number of hydrogen-bond acceptors (Lipinski definition) is 9. The van der Waals surface area contributed by atoms with Crippen molar-refractivity contribution in [3.05, 3.63) is 0 Å². The quantitative estimate of drug-likeness (QED) is 0.0990. The Morgan fingerprint density at radius 3 is 0.771 bits per heavy atom. The molecule has 0 aromatic carbocycles. The van der Waals surface area contributed by atoms with Crippen LogP contribution >= 0.6 is 37.9 Å². The minimum atomic E-state index is -0.931. The molecule has 0 fully saturated rings. The third-order valence-electron chi connectivity index (χ3n) is 4.62. The molecule has 35 heavy (non-hydrogen) atoms. The zero-order chi connectivity index (χ0) is 27.6. The molecule has 0 saturated carbocycles. The number of carboxylic acids is 3. The Balaban J connectivity index is -0.000000198. The fraction of sp³-hybridized carbons (Fsp3) is 0.880. The molecule has 0 atom stereocenters. The van der Waals surface area contributed by atoms with Crippen LogP contribution in [-0.2, 0) is 14.4 Å². The van der Waals surface area contributed by atoms with Crippen LogP contribution in [0.15, 0.2) is 0 Å². The van der Waals surface area contributed by atoms with Crippen LogP contribution in [0, 0.1) is 0 Å². The van der Waals surface area contributed by atoms with E-state index < -0.39 is 17.9 Å². The molecular formula is C25H48O6S3Sn. The van der Waals surface area contributed by atoms with Gasteiger partial charge in [-0.3, -0.25) is 0 Å². The second-order valence-electron chi connectivity index (χ2n) is 7.84. The maximum absolute atomic E-state index is 9.96. The summed E-state index contributed by atoms with van der Waals surface area (Å²) in [5.41, 5.74) is 0. The van der Waals surface area contributed by atoms with Crippen LogP contribution in [0.1, 0.15) is 116 Å². The van der Waals surface area contributed by atoms with Gasteiger partial charge in [-0.25, -0.2) is 0 Å². The molecule has 6 nitrogen and oxygen atoms in total. The van der Waals surface area contributed by atoms with Crippen molar-refractivity contribution in [2.24, 2.45) is 0 Å². The number of thiol groups is 3. The second-order valence-corrected chi connectivity index (χ2v) is 9.18. The average Bonchev–Trinajstić information content (AvgIpc) is 2.82. The molecule has 0 aliphatic heterocycles. The summed E-state index contributed by atoms with van der Waals surface area (Å²) in [6.07, 6.45) is 16.2. The minimum absolute atomic E-state index is 0.209. The molecule has 0 spiro atoms. The molecule has 0 radical (unpaired) electrons. The van der Waals surface area contributed by atoms with Crippen molar-refractivity contribution < 1.29 is 29.7 Å². The fourth-order valence-electron chi connectivity index (χ4n) is 2.73. The fourth-order valence-corrected chi connectivity index (χ4v) is 3.41. The van der Waals surface area contributed by atoms with Gasteiger partial charge in [-0.1, -0.05) is 57.8 Å². The number of carbonyl (C=O) groups is 3. The van der Waals surface area contributed by atoms with Gasteiger partial charge in [0, 0.05) is 17.9 Å². The first-order valence-corrected chi connectivity index (χ1v) is 17.5. The molecule has 0 heterocycles. The number of rotatable bonds is 21. The number of carboxylic acid groups (broad SMARTS) is 3. The molecule has 0 amide bonds. The van der Waals surface area contributed by atoms with Crippen molar-refractivity contribution in [2.45, 2.75) is 121 Å². The van der Waals surface area contributed by atoms with Gasteiger partial charge in [-0.15, -0.1) is 0 Å². The number of hydrogen-bond donors (Lipinski definition) is 3. The molecule has 0 rings (SSSR count). The van der Waals surface area contributed by atoms with Gasteiger partial charge in [0.1, 0.15) is 0 Å². The average molecular weight is 660 g/mol. The monoisotopic (exact) mass is 660 g/mol. The Labute approximate surface area is 244 Å². The first kappa shape index (κ1) is 42.4. The van der Waals surface area contributed by atoms with E-state index in [4.69, 9.17) is 0 Å². The van der Waals surface area contributed by atoms with E-state index in [0.29, 0.717) is 0 Å². The van der Waals surface area contributed by atoms with Crippen LogP contribution in [0.25, 0.3) is 0 Å². The van der Waals surface area contributed by atoms with Gasteiger partial charge >= 0.3 is 27.5 Å². The first-order valence-electron chi connectivity index (χ1n) is 12.7. The van der Waals surface area contributed by atoms with Gasteiger partial charge in [0.25, 0.3) is 0 Å². The molecule has 0 saturated heterocycles. The molecule has 0 unspecified atom stereocenters. The standard InChI is InChI=1S/3C8H16O2S.CH3.Sn/c3*9-8(10)6-4-2-1-3-5-7-11;;/h3*11H,1-7H2,(H,9,10);1H3;/q;;;;+3/p-3. The van der Waals surface area contributed by atoms with E-state index in [2.05, 4.69) is 42.8 Å². The second kappa shape index (κ2) is 41.4. The summed E-state index contributed by atoms with van der Waals surface area (Å²) in [4.78, 5) is 32.0. The molecular weight excluding hydrogens is 611 g/mol. The number of unbranched alkanes of at least 4 members (excludes halogenated alkanes) is 12. The predicted molar refractivity (Wildman–Crippen MR) is 151 cm³/mol. The Kier molecular flexibility index (Phi) is 50.1. The molecule has 0 aromatic heterocycles. The van der Waals surface area contributed by atoms with Gasteiger partial charge in [-0.2, -0.15) is 37.9 Å². The van der Waals surface area contributed by atoms with Crippen LogP contribution in [-0.4, -0.2) is 57.7 Å². The zero-order valence-corrected chi connectivity index (χ0v) is 27.2. The van der Waals surface area contributed by atoms with E-state index in [1.807, 2.05) is 0 Å². The summed E-state index contributed by atoms with van der Waals surface area (Å²) in [5, 5.41) is 29.9. The summed E-state index contributed by atoms with van der Waals surface area (Å²) < 4.78 is 0. The van der Waals surface area contributed by atoms with Gasteiger partial charge in [-0.05, 0) is 75.0 Å². The Hall–Kier alpha value is 0.259. The molecule has 0 N–H and O–H groups in total. The first-order chi connectivity index (χ1) is 16.8. The van der Waals surface area contributed by atoms with Crippen LogP contribution < -0.4 is 15.3 Å². The van der Waals surface area contributed by atoms with Gasteiger partial charge < -0.3 is 29.7 Å². The molecule has 0 aliphatic rings. The van der Waals surface area contributed by atoms with Crippen molar-refractivity contribution in [1.82, 2.24) is 0 Å². The summed E-state index contributed by atoms with van der Waals surface area (Å²) in [5.74, 6) is -0.000789. The van der Waals surface area contributed by atoms with E-state index in [1.165, 1.54) is 0 Å². The Bertz CT molecular complexity index is 382. The van der Waals surface area contributed by atoms with Crippen molar-refractivity contribution in [3.8, 4) is 0 Å². The maximum atomic E-state index is 9.96. The van der Waals surface area contributed by atoms with Gasteiger partial charge in [0.15, 0.2) is 0 Å². The van der Waals surface area contributed by atoms with Gasteiger partial charge in [0.2, 0.25) is 0 Å². The third-order valence-corrected chi connectivity index (χ3v) is 5.57. The van der Waals surface area contributed by atoms with Crippen molar-refractivity contribution in [2.75, 3.05) is 17.3 Å². The summed E-state index contributed by atoms with van der Waals surface area (Å²) in [6, 6.07) is 0. The molecule has 206 valence electrons. The van der Waals surface area contributed by atoms with Crippen molar-refractivity contribution in [3.63, 3.8) is 0 Å². The Morgan fingerprint density at radius 2 is 0.600 bits per heavy atom. The molecule has 0 aliphatic carbocycles. The molecule has 10 heteroatoms. The molecule has 0 bridgehead atoms. The van der Waals surface area contributed by atoms with Gasteiger partial charge in [0.05, 0.1) is 0 Å². The van der Waals surface area contributed by atoms with Crippen LogP contribution in [0.5, 0.6) is 0 Å². The SMILES string of the molecule is O=C([O-])CCCCCCCS.O=C([O-])CCCCCCCS.O=C([O-])CCCCCCCS.[CH3][Sn+3]. The normalized spacial score (nSPS) is 9.54. The Morgan fingerprint density at radius 1 is 0.429 bits per heavy atom. The number of carbonyl (C=O) groups excluding carboxylic acids is 3. The summed E-state index contributed by atoms with van der Waals surface area (Å²) in [7, 11) is 0. The van der Waals surface area contributed by atoms with Crippen molar-refractivity contribution in [1.29, 1.82) is 0 Å².